The first-order chi connectivity index (χ1) is 17.3. The lowest BCUT2D eigenvalue weighted by atomic mass is 10.1. The molecule has 4 aromatic rings. The summed E-state index contributed by atoms with van der Waals surface area (Å²) in [6.07, 6.45) is 0. The highest BCUT2D eigenvalue weighted by Gasteiger charge is 2.17. The molecule has 0 aliphatic carbocycles. The molecule has 0 spiro atoms. The fraction of sp³-hybridized carbons (Fsp3) is 0.357. The van der Waals surface area contributed by atoms with Gasteiger partial charge in [0.25, 0.3) is 5.56 Å². The number of aryl methyl sites for hydroxylation is 1. The van der Waals surface area contributed by atoms with E-state index >= 15 is 0 Å². The van der Waals surface area contributed by atoms with Crippen molar-refractivity contribution >= 4 is 5.65 Å². The molecule has 8 heteroatoms. The second kappa shape index (κ2) is 10.9. The fourth-order valence-electron chi connectivity index (χ4n) is 4.50. The quantitative estimate of drug-likeness (QED) is 0.348. The van der Waals surface area contributed by atoms with Crippen molar-refractivity contribution < 1.29 is 14.2 Å². The third-order valence-electron chi connectivity index (χ3n) is 5.97. The fourth-order valence-corrected chi connectivity index (χ4v) is 4.50. The third-order valence-corrected chi connectivity index (χ3v) is 5.97. The number of rotatable bonds is 10. The zero-order valence-electron chi connectivity index (χ0n) is 21.8. The Kier molecular flexibility index (Phi) is 7.64. The van der Waals surface area contributed by atoms with Gasteiger partial charge in [-0.15, -0.1) is 0 Å². The Bertz CT molecular complexity index is 1380. The molecule has 2 heterocycles. The molecule has 0 radical (unpaired) electrons. The van der Waals surface area contributed by atoms with Crippen LogP contribution >= 0.6 is 0 Å². The van der Waals surface area contributed by atoms with Gasteiger partial charge in [-0.2, -0.15) is 0 Å². The predicted molar refractivity (Wildman–Crippen MR) is 141 cm³/mol. The first kappa shape index (κ1) is 25.3. The maximum absolute atomic E-state index is 12.9. The van der Waals surface area contributed by atoms with E-state index in [4.69, 9.17) is 19.2 Å². The van der Waals surface area contributed by atoms with Gasteiger partial charge >= 0.3 is 0 Å². The highest BCUT2D eigenvalue weighted by atomic mass is 16.5. The predicted octanol–water partition coefficient (Wildman–Crippen LogP) is 4.68. The molecule has 0 bridgehead atoms. The van der Waals surface area contributed by atoms with Gasteiger partial charge in [0.2, 0.25) is 5.75 Å². The summed E-state index contributed by atoms with van der Waals surface area (Å²) in [7, 11) is 4.82. The van der Waals surface area contributed by atoms with E-state index in [0.717, 1.165) is 34.6 Å². The molecular formula is C28H34N4O4. The largest absolute Gasteiger partial charge is 0.493 e. The molecule has 0 atom stereocenters. The molecule has 4 rings (SSSR count). The van der Waals surface area contributed by atoms with Crippen LogP contribution in [-0.4, -0.2) is 47.4 Å². The zero-order valence-corrected chi connectivity index (χ0v) is 21.8. The van der Waals surface area contributed by atoms with Crippen LogP contribution in [0.3, 0.4) is 0 Å². The minimum absolute atomic E-state index is 0.133. The van der Waals surface area contributed by atoms with Gasteiger partial charge in [0.05, 0.1) is 32.7 Å². The minimum Gasteiger partial charge on any atom is -0.493 e. The van der Waals surface area contributed by atoms with Crippen molar-refractivity contribution in [2.24, 2.45) is 5.92 Å². The Labute approximate surface area is 211 Å². The summed E-state index contributed by atoms with van der Waals surface area (Å²) in [5.74, 6) is 2.23. The third kappa shape index (κ3) is 5.54. The molecule has 2 aromatic heterocycles. The van der Waals surface area contributed by atoms with E-state index in [0.29, 0.717) is 41.9 Å². The maximum Gasteiger partial charge on any atom is 0.272 e. The number of benzene rings is 2. The highest BCUT2D eigenvalue weighted by Crippen LogP contribution is 2.38. The number of aromatic nitrogens is 3. The van der Waals surface area contributed by atoms with Gasteiger partial charge in [0, 0.05) is 31.8 Å². The maximum atomic E-state index is 12.9. The smallest absolute Gasteiger partial charge is 0.272 e. The molecule has 0 fully saturated rings. The summed E-state index contributed by atoms with van der Waals surface area (Å²) in [5.41, 5.74) is 5.25. The molecule has 36 heavy (non-hydrogen) atoms. The van der Waals surface area contributed by atoms with Gasteiger partial charge in [-0.1, -0.05) is 37.6 Å². The number of aromatic amines is 1. The topological polar surface area (TPSA) is 81.1 Å². The Balaban J connectivity index is 1.64. The summed E-state index contributed by atoms with van der Waals surface area (Å²) in [4.78, 5) is 20.0. The van der Waals surface area contributed by atoms with Gasteiger partial charge in [0.1, 0.15) is 0 Å². The SMILES string of the molecule is COc1cc(CN(Cc2cc(=O)n3[nH]c(-c4cccc(C)c4)cc3n2)CC(C)C)cc(OC)c1OC. The Hall–Kier alpha value is -3.78. The van der Waals surface area contributed by atoms with Crippen LogP contribution in [0.25, 0.3) is 16.9 Å². The number of fused-ring (bicyclic) bond motifs is 1. The van der Waals surface area contributed by atoms with E-state index in [1.165, 1.54) is 4.52 Å². The second-order valence-electron chi connectivity index (χ2n) is 9.42. The van der Waals surface area contributed by atoms with Crippen molar-refractivity contribution in [3.05, 3.63) is 75.7 Å². The molecule has 0 unspecified atom stereocenters. The van der Waals surface area contributed by atoms with E-state index in [-0.39, 0.29) is 5.56 Å². The van der Waals surface area contributed by atoms with Gasteiger partial charge in [-0.25, -0.2) is 9.50 Å². The Morgan fingerprint density at radius 2 is 1.69 bits per heavy atom. The molecule has 0 saturated heterocycles. The monoisotopic (exact) mass is 490 g/mol. The van der Waals surface area contributed by atoms with E-state index in [2.05, 4.69) is 29.9 Å². The van der Waals surface area contributed by atoms with Gasteiger partial charge < -0.3 is 14.2 Å². The standard InChI is InChI=1S/C28H34N4O4/c1-18(2)15-31(16-20-11-24(34-4)28(36-6)25(12-20)35-5)17-22-13-27(33)32-26(29-22)14-23(30-32)21-9-7-8-19(3)10-21/h7-14,18,30H,15-17H2,1-6H3. The van der Waals surface area contributed by atoms with Crippen LogP contribution in [0, 0.1) is 12.8 Å². The van der Waals surface area contributed by atoms with Crippen LogP contribution in [0.15, 0.2) is 53.3 Å². The summed E-state index contributed by atoms with van der Waals surface area (Å²) in [6.45, 7) is 8.40. The molecule has 0 aliphatic heterocycles. The van der Waals surface area contributed by atoms with Crippen molar-refractivity contribution in [1.29, 1.82) is 0 Å². The van der Waals surface area contributed by atoms with Crippen molar-refractivity contribution in [3.63, 3.8) is 0 Å². The van der Waals surface area contributed by atoms with Crippen LogP contribution in [0.5, 0.6) is 17.2 Å². The summed E-state index contributed by atoms with van der Waals surface area (Å²) < 4.78 is 18.0. The zero-order chi connectivity index (χ0) is 25.8. The summed E-state index contributed by atoms with van der Waals surface area (Å²) in [6, 6.07) is 15.6. The molecule has 2 aromatic carbocycles. The van der Waals surface area contributed by atoms with Gasteiger partial charge in [-0.05, 0) is 42.2 Å². The van der Waals surface area contributed by atoms with Crippen LogP contribution < -0.4 is 19.8 Å². The van der Waals surface area contributed by atoms with Crippen LogP contribution in [0.4, 0.5) is 0 Å². The van der Waals surface area contributed by atoms with E-state index in [1.54, 1.807) is 27.4 Å². The number of ether oxygens (including phenoxy) is 3. The number of nitrogens with one attached hydrogen (secondary N) is 1. The molecule has 8 nitrogen and oxygen atoms in total. The van der Waals surface area contributed by atoms with E-state index < -0.39 is 0 Å². The summed E-state index contributed by atoms with van der Waals surface area (Å²) >= 11 is 0. The van der Waals surface area contributed by atoms with Crippen LogP contribution in [-0.2, 0) is 13.1 Å². The number of hydrogen-bond donors (Lipinski definition) is 1. The molecule has 190 valence electrons. The summed E-state index contributed by atoms with van der Waals surface area (Å²) in [5, 5.41) is 3.18. The molecular weight excluding hydrogens is 456 g/mol. The van der Waals surface area contributed by atoms with Crippen molar-refractivity contribution in [1.82, 2.24) is 19.5 Å². The van der Waals surface area contributed by atoms with Crippen molar-refractivity contribution in [2.75, 3.05) is 27.9 Å². The van der Waals surface area contributed by atoms with Gasteiger partial charge in [0.15, 0.2) is 17.1 Å². The molecule has 1 N–H and O–H groups in total. The second-order valence-corrected chi connectivity index (χ2v) is 9.42. The normalized spacial score (nSPS) is 11.4. The number of nitrogens with zero attached hydrogens (tertiary/aromatic N) is 3. The van der Waals surface area contributed by atoms with Crippen LogP contribution in [0.2, 0.25) is 0 Å². The van der Waals surface area contributed by atoms with Crippen molar-refractivity contribution in [3.8, 4) is 28.5 Å². The Morgan fingerprint density at radius 1 is 0.972 bits per heavy atom. The molecule has 0 saturated carbocycles. The number of methoxy groups -OCH3 is 3. The van der Waals surface area contributed by atoms with Gasteiger partial charge in [-0.3, -0.25) is 14.8 Å². The average Bonchev–Trinajstić information content (AvgIpc) is 3.28. The Morgan fingerprint density at radius 3 is 2.31 bits per heavy atom. The van der Waals surface area contributed by atoms with E-state index in [9.17, 15) is 4.79 Å². The number of H-pyrrole nitrogens is 1. The lowest BCUT2D eigenvalue weighted by molar-refractivity contribution is 0.224. The van der Waals surface area contributed by atoms with Crippen molar-refractivity contribution in [2.45, 2.75) is 33.9 Å². The van der Waals surface area contributed by atoms with Crippen LogP contribution in [0.1, 0.15) is 30.7 Å². The minimum atomic E-state index is -0.133. The lowest BCUT2D eigenvalue weighted by Gasteiger charge is -2.25. The lowest BCUT2D eigenvalue weighted by Crippen LogP contribution is -2.28. The highest BCUT2D eigenvalue weighted by molar-refractivity contribution is 5.64. The number of hydrogen-bond acceptors (Lipinski definition) is 6. The first-order valence-electron chi connectivity index (χ1n) is 12.0. The molecule has 0 aliphatic rings. The average molecular weight is 491 g/mol. The first-order valence-corrected chi connectivity index (χ1v) is 12.0. The van der Waals surface area contributed by atoms with E-state index in [1.807, 2.05) is 43.3 Å². The molecule has 0 amide bonds.